The van der Waals surface area contributed by atoms with Crippen LogP contribution in [-0.4, -0.2) is 60.2 Å². The van der Waals surface area contributed by atoms with Crippen LogP contribution in [0.2, 0.25) is 10.0 Å². The molecular formula is C35H34Cl2N6O4. The number of anilines is 3. The summed E-state index contributed by atoms with van der Waals surface area (Å²) in [7, 11) is 6.80. The lowest BCUT2D eigenvalue weighted by atomic mass is 10.0. The number of carbonyl (C=O) groups excluding carboxylic acids is 1. The maximum absolute atomic E-state index is 14.6. The van der Waals surface area contributed by atoms with E-state index in [-0.39, 0.29) is 32.6 Å². The van der Waals surface area contributed by atoms with Gasteiger partial charge in [0.1, 0.15) is 17.3 Å². The molecule has 1 atom stereocenters. The SMILES string of the molecule is COc1cc(OC)c(Cl)c(-c2cc3cnc(Nc4cccnc4)cc3n(C(C)c3cccc(NC(=O)/C=C/CN(C)C)c3)c2=O)c1Cl. The first-order valence-electron chi connectivity index (χ1n) is 14.7. The Hall–Kier alpha value is -4.90. The molecule has 1 amide bonds. The third kappa shape index (κ3) is 7.41. The molecule has 3 heterocycles. The van der Waals surface area contributed by atoms with E-state index in [1.807, 2.05) is 56.3 Å². The number of hydrogen-bond donors (Lipinski definition) is 2. The number of carbonyl (C=O) groups is 1. The van der Waals surface area contributed by atoms with Gasteiger partial charge in [-0.3, -0.25) is 14.6 Å². The van der Waals surface area contributed by atoms with Crippen molar-refractivity contribution in [1.82, 2.24) is 19.4 Å². The highest BCUT2D eigenvalue weighted by Crippen LogP contribution is 2.45. The van der Waals surface area contributed by atoms with Gasteiger partial charge in [-0.2, -0.15) is 0 Å². The van der Waals surface area contributed by atoms with Gasteiger partial charge in [0.25, 0.3) is 5.56 Å². The van der Waals surface area contributed by atoms with E-state index in [1.165, 1.54) is 20.3 Å². The van der Waals surface area contributed by atoms with E-state index in [9.17, 15) is 9.59 Å². The van der Waals surface area contributed by atoms with E-state index in [0.29, 0.717) is 40.5 Å². The maximum Gasteiger partial charge on any atom is 0.259 e. The van der Waals surface area contributed by atoms with Gasteiger partial charge in [0.05, 0.1) is 53.3 Å². The van der Waals surface area contributed by atoms with E-state index < -0.39 is 6.04 Å². The van der Waals surface area contributed by atoms with Gasteiger partial charge in [-0.1, -0.05) is 41.4 Å². The van der Waals surface area contributed by atoms with Crippen molar-refractivity contribution in [3.05, 3.63) is 111 Å². The highest BCUT2D eigenvalue weighted by atomic mass is 35.5. The fourth-order valence-corrected chi connectivity index (χ4v) is 5.85. The number of nitrogens with zero attached hydrogens (tertiary/aromatic N) is 4. The minimum absolute atomic E-state index is 0.170. The Bertz CT molecular complexity index is 1990. The zero-order chi connectivity index (χ0) is 33.7. The standard InChI is InChI=1S/C35H34Cl2N6O4/c1-21(22-9-6-10-24(15-22)41-31(44)12-8-14-42(2)3)43-27-17-30(40-25-11-7-13-38-20-25)39-19-23(27)16-26(35(43)45)32-33(36)28(46-4)18-29(47-5)34(32)37/h6-13,15-21H,14H2,1-5H3,(H,39,40)(H,41,44)/b12-8+. The molecule has 0 saturated heterocycles. The predicted octanol–water partition coefficient (Wildman–Crippen LogP) is 7.19. The molecule has 0 spiro atoms. The molecule has 0 bridgehead atoms. The number of fused-ring (bicyclic) bond motifs is 1. The number of pyridine rings is 3. The van der Waals surface area contributed by atoms with Crippen molar-refractivity contribution in [3.63, 3.8) is 0 Å². The van der Waals surface area contributed by atoms with Gasteiger partial charge in [-0.15, -0.1) is 0 Å². The number of rotatable bonds is 11. The Balaban J connectivity index is 1.68. The van der Waals surface area contributed by atoms with Gasteiger partial charge in [-0.25, -0.2) is 4.98 Å². The first-order chi connectivity index (χ1) is 22.6. The highest BCUT2D eigenvalue weighted by molar-refractivity contribution is 6.41. The number of likely N-dealkylation sites (N-methyl/N-ethyl adjacent to an activating group) is 1. The van der Waals surface area contributed by atoms with Crippen LogP contribution in [0.4, 0.5) is 17.2 Å². The third-order valence-corrected chi connectivity index (χ3v) is 8.21. The fraction of sp³-hybridized carbons (Fsp3) is 0.200. The smallest absolute Gasteiger partial charge is 0.259 e. The monoisotopic (exact) mass is 672 g/mol. The van der Waals surface area contributed by atoms with Crippen LogP contribution in [-0.2, 0) is 4.79 Å². The molecule has 0 aliphatic heterocycles. The lowest BCUT2D eigenvalue weighted by Crippen LogP contribution is -2.26. The van der Waals surface area contributed by atoms with Gasteiger partial charge in [-0.05, 0) is 56.9 Å². The largest absolute Gasteiger partial charge is 0.495 e. The summed E-state index contributed by atoms with van der Waals surface area (Å²) in [6, 6.07) is 15.6. The fourth-order valence-electron chi connectivity index (χ4n) is 5.15. The van der Waals surface area contributed by atoms with Crippen molar-refractivity contribution in [3.8, 4) is 22.6 Å². The molecule has 12 heteroatoms. The topological polar surface area (TPSA) is 111 Å². The van der Waals surface area contributed by atoms with Crippen molar-refractivity contribution >= 4 is 57.2 Å². The average molecular weight is 674 g/mol. The molecule has 5 aromatic rings. The van der Waals surface area contributed by atoms with E-state index in [2.05, 4.69) is 20.6 Å². The number of halogens is 2. The number of nitrogens with one attached hydrogen (secondary N) is 2. The summed E-state index contributed by atoms with van der Waals surface area (Å²) in [5.74, 6) is 0.872. The first kappa shape index (κ1) is 33.5. The summed E-state index contributed by atoms with van der Waals surface area (Å²) < 4.78 is 12.6. The van der Waals surface area contributed by atoms with Crippen LogP contribution in [0.5, 0.6) is 11.5 Å². The summed E-state index contributed by atoms with van der Waals surface area (Å²) >= 11 is 13.6. The molecule has 2 N–H and O–H groups in total. The summed E-state index contributed by atoms with van der Waals surface area (Å²) in [6.07, 6.45) is 8.32. The highest BCUT2D eigenvalue weighted by Gasteiger charge is 2.25. The lowest BCUT2D eigenvalue weighted by Gasteiger charge is -2.22. The molecule has 0 aliphatic rings. The Morgan fingerprint density at radius 1 is 1.00 bits per heavy atom. The Morgan fingerprint density at radius 2 is 1.72 bits per heavy atom. The van der Waals surface area contributed by atoms with Gasteiger partial charge in [0.15, 0.2) is 0 Å². The molecule has 5 rings (SSSR count). The van der Waals surface area contributed by atoms with Crippen LogP contribution < -0.4 is 25.7 Å². The van der Waals surface area contributed by atoms with Crippen LogP contribution in [0, 0.1) is 0 Å². The number of amides is 1. The average Bonchev–Trinajstić information content (AvgIpc) is 3.05. The lowest BCUT2D eigenvalue weighted by molar-refractivity contribution is -0.111. The van der Waals surface area contributed by atoms with Gasteiger partial charge in [0.2, 0.25) is 5.91 Å². The molecule has 0 saturated carbocycles. The van der Waals surface area contributed by atoms with E-state index >= 15 is 0 Å². The predicted molar refractivity (Wildman–Crippen MR) is 189 cm³/mol. The molecule has 2 aromatic carbocycles. The third-order valence-electron chi connectivity index (χ3n) is 7.46. The minimum Gasteiger partial charge on any atom is -0.495 e. The number of benzene rings is 2. The van der Waals surface area contributed by atoms with Crippen molar-refractivity contribution in [2.24, 2.45) is 0 Å². The zero-order valence-electron chi connectivity index (χ0n) is 26.5. The van der Waals surface area contributed by atoms with Crippen LogP contribution in [0.1, 0.15) is 18.5 Å². The first-order valence-corrected chi connectivity index (χ1v) is 15.4. The molecule has 10 nitrogen and oxygen atoms in total. The van der Waals surface area contributed by atoms with E-state index in [0.717, 1.165) is 11.3 Å². The normalized spacial score (nSPS) is 12.0. The van der Waals surface area contributed by atoms with Crippen LogP contribution in [0.3, 0.4) is 0 Å². The molecule has 3 aromatic heterocycles. The van der Waals surface area contributed by atoms with Crippen LogP contribution in [0.15, 0.2) is 90.1 Å². The molecule has 242 valence electrons. The summed E-state index contributed by atoms with van der Waals surface area (Å²) in [6.45, 7) is 2.54. The zero-order valence-corrected chi connectivity index (χ0v) is 28.1. The van der Waals surface area contributed by atoms with Gasteiger partial charge >= 0.3 is 0 Å². The second-order valence-corrected chi connectivity index (χ2v) is 11.7. The molecular weight excluding hydrogens is 639 g/mol. The Morgan fingerprint density at radius 3 is 2.38 bits per heavy atom. The number of ether oxygens (including phenoxy) is 2. The quantitative estimate of drug-likeness (QED) is 0.142. The molecule has 1 unspecified atom stereocenters. The number of aromatic nitrogens is 3. The minimum atomic E-state index is -0.509. The summed E-state index contributed by atoms with van der Waals surface area (Å²) in [5.41, 5.74) is 2.87. The van der Waals surface area contributed by atoms with Crippen molar-refractivity contribution < 1.29 is 14.3 Å². The van der Waals surface area contributed by atoms with Crippen molar-refractivity contribution in [2.45, 2.75) is 13.0 Å². The van der Waals surface area contributed by atoms with Crippen LogP contribution >= 0.6 is 23.2 Å². The number of methoxy groups -OCH3 is 2. The molecule has 0 aliphatic carbocycles. The summed E-state index contributed by atoms with van der Waals surface area (Å²) in [4.78, 5) is 38.0. The Kier molecular flexibility index (Phi) is 10.5. The second kappa shape index (κ2) is 14.7. The number of hydrogen-bond acceptors (Lipinski definition) is 8. The summed E-state index contributed by atoms with van der Waals surface area (Å²) in [5, 5.41) is 7.16. The molecule has 0 radical (unpaired) electrons. The van der Waals surface area contributed by atoms with Crippen LogP contribution in [0.25, 0.3) is 22.0 Å². The van der Waals surface area contributed by atoms with E-state index in [4.69, 9.17) is 32.7 Å². The molecule has 47 heavy (non-hydrogen) atoms. The Labute approximate surface area is 282 Å². The van der Waals surface area contributed by atoms with Gasteiger partial charge < -0.3 is 29.6 Å². The van der Waals surface area contributed by atoms with E-state index in [1.54, 1.807) is 53.5 Å². The molecule has 0 fully saturated rings. The van der Waals surface area contributed by atoms with Crippen molar-refractivity contribution in [2.75, 3.05) is 45.5 Å². The van der Waals surface area contributed by atoms with Gasteiger partial charge in [0, 0.05) is 53.8 Å². The van der Waals surface area contributed by atoms with Crippen molar-refractivity contribution in [1.29, 1.82) is 0 Å². The maximum atomic E-state index is 14.6. The second-order valence-electron chi connectivity index (χ2n) is 11.0.